The lowest BCUT2D eigenvalue weighted by Gasteiger charge is -2.13. The summed E-state index contributed by atoms with van der Waals surface area (Å²) in [6, 6.07) is 3.34. The van der Waals surface area contributed by atoms with Gasteiger partial charge in [0, 0.05) is 12.1 Å². The van der Waals surface area contributed by atoms with Crippen molar-refractivity contribution in [2.24, 2.45) is 0 Å². The van der Waals surface area contributed by atoms with E-state index in [0.29, 0.717) is 23.8 Å². The number of halogens is 2. The van der Waals surface area contributed by atoms with Gasteiger partial charge in [-0.1, -0.05) is 6.92 Å². The maximum Gasteiger partial charge on any atom is 0.153 e. The topological polar surface area (TPSA) is 37.8 Å². The van der Waals surface area contributed by atoms with Crippen molar-refractivity contribution >= 4 is 5.82 Å². The predicted molar refractivity (Wildman–Crippen MR) is 75.6 cm³/mol. The van der Waals surface area contributed by atoms with Gasteiger partial charge in [-0.15, -0.1) is 0 Å². The summed E-state index contributed by atoms with van der Waals surface area (Å²) in [6.07, 6.45) is 0.902. The van der Waals surface area contributed by atoms with Gasteiger partial charge in [0.15, 0.2) is 5.82 Å². The molecule has 0 aliphatic carbocycles. The van der Waals surface area contributed by atoms with Gasteiger partial charge in [0.05, 0.1) is 11.4 Å². The molecule has 20 heavy (non-hydrogen) atoms. The van der Waals surface area contributed by atoms with Gasteiger partial charge in [0.25, 0.3) is 0 Å². The summed E-state index contributed by atoms with van der Waals surface area (Å²) in [5.74, 6) is -0.522. The van der Waals surface area contributed by atoms with Crippen LogP contribution in [0.15, 0.2) is 18.2 Å². The average molecular weight is 277 g/mol. The summed E-state index contributed by atoms with van der Waals surface area (Å²) in [6.45, 7) is 6.35. The van der Waals surface area contributed by atoms with E-state index in [1.54, 1.807) is 6.92 Å². The Bertz CT molecular complexity index is 627. The van der Waals surface area contributed by atoms with Crippen molar-refractivity contribution in [2.75, 3.05) is 11.9 Å². The molecule has 5 heteroatoms. The van der Waals surface area contributed by atoms with E-state index in [0.717, 1.165) is 30.3 Å². The third kappa shape index (κ3) is 2.92. The highest BCUT2D eigenvalue weighted by Gasteiger charge is 2.15. The minimum Gasteiger partial charge on any atom is -0.368 e. The van der Waals surface area contributed by atoms with Crippen LogP contribution >= 0.6 is 0 Å². The van der Waals surface area contributed by atoms with Crippen molar-refractivity contribution in [3.8, 4) is 11.3 Å². The molecule has 2 aromatic rings. The van der Waals surface area contributed by atoms with Gasteiger partial charge < -0.3 is 5.32 Å². The van der Waals surface area contributed by atoms with E-state index in [1.165, 1.54) is 0 Å². The number of anilines is 1. The molecule has 0 saturated heterocycles. The summed E-state index contributed by atoms with van der Waals surface area (Å²) >= 11 is 0. The van der Waals surface area contributed by atoms with E-state index in [-0.39, 0.29) is 5.56 Å². The molecular formula is C15H17F2N3. The lowest BCUT2D eigenvalue weighted by atomic mass is 10.1. The molecule has 1 aromatic heterocycles. The molecule has 0 bridgehead atoms. The molecule has 0 atom stereocenters. The second kappa shape index (κ2) is 5.94. The Kier molecular flexibility index (Phi) is 4.27. The Morgan fingerprint density at radius 3 is 2.50 bits per heavy atom. The average Bonchev–Trinajstić information content (AvgIpc) is 2.42. The Hall–Kier alpha value is -2.04. The van der Waals surface area contributed by atoms with Gasteiger partial charge in [-0.3, -0.25) is 0 Å². The minimum atomic E-state index is -0.511. The monoisotopic (exact) mass is 277 g/mol. The highest BCUT2D eigenvalue weighted by molar-refractivity contribution is 5.72. The second-order valence-corrected chi connectivity index (χ2v) is 4.64. The highest BCUT2D eigenvalue weighted by atomic mass is 19.1. The van der Waals surface area contributed by atoms with Crippen molar-refractivity contribution in [3.05, 3.63) is 41.2 Å². The van der Waals surface area contributed by atoms with Gasteiger partial charge in [-0.2, -0.15) is 0 Å². The third-order valence-corrected chi connectivity index (χ3v) is 3.03. The van der Waals surface area contributed by atoms with E-state index in [2.05, 4.69) is 15.3 Å². The summed E-state index contributed by atoms with van der Waals surface area (Å²) in [7, 11) is 0. The number of nitrogens with one attached hydrogen (secondary N) is 1. The van der Waals surface area contributed by atoms with Gasteiger partial charge in [-0.05, 0) is 38.5 Å². The normalized spacial score (nSPS) is 10.7. The van der Waals surface area contributed by atoms with Crippen LogP contribution in [0.1, 0.15) is 24.7 Å². The molecule has 3 nitrogen and oxygen atoms in total. The summed E-state index contributed by atoms with van der Waals surface area (Å²) in [4.78, 5) is 8.76. The van der Waals surface area contributed by atoms with Crippen LogP contribution in [-0.2, 0) is 0 Å². The number of rotatable bonds is 4. The van der Waals surface area contributed by atoms with Crippen LogP contribution in [0.25, 0.3) is 11.3 Å². The largest absolute Gasteiger partial charge is 0.368 e. The van der Waals surface area contributed by atoms with Crippen molar-refractivity contribution in [1.82, 2.24) is 9.97 Å². The number of hydrogen-bond acceptors (Lipinski definition) is 3. The lowest BCUT2D eigenvalue weighted by Crippen LogP contribution is -2.08. The van der Waals surface area contributed by atoms with Crippen LogP contribution in [0.2, 0.25) is 0 Å². The standard InChI is InChI=1S/C15H17F2N3/c1-4-7-18-15-14(19-9(2)10(3)20-15)12-8-11(16)5-6-13(12)17/h5-6,8H,4,7H2,1-3H3,(H,18,20). The van der Waals surface area contributed by atoms with Crippen LogP contribution in [0.5, 0.6) is 0 Å². The fraction of sp³-hybridized carbons (Fsp3) is 0.333. The van der Waals surface area contributed by atoms with Gasteiger partial charge >= 0.3 is 0 Å². The zero-order valence-corrected chi connectivity index (χ0v) is 11.8. The maximum absolute atomic E-state index is 13.9. The van der Waals surface area contributed by atoms with Crippen LogP contribution < -0.4 is 5.32 Å². The SMILES string of the molecule is CCCNc1nc(C)c(C)nc1-c1cc(F)ccc1F. The Balaban J connectivity index is 2.58. The van der Waals surface area contributed by atoms with Crippen LogP contribution in [0, 0.1) is 25.5 Å². The number of hydrogen-bond donors (Lipinski definition) is 1. The van der Waals surface area contributed by atoms with E-state index >= 15 is 0 Å². The van der Waals surface area contributed by atoms with Crippen LogP contribution in [0.4, 0.5) is 14.6 Å². The third-order valence-electron chi connectivity index (χ3n) is 3.03. The lowest BCUT2D eigenvalue weighted by molar-refractivity contribution is 0.602. The number of benzene rings is 1. The Morgan fingerprint density at radius 1 is 1.10 bits per heavy atom. The Morgan fingerprint density at radius 2 is 1.80 bits per heavy atom. The van der Waals surface area contributed by atoms with Crippen molar-refractivity contribution in [3.63, 3.8) is 0 Å². The minimum absolute atomic E-state index is 0.124. The molecule has 0 amide bonds. The summed E-state index contributed by atoms with van der Waals surface area (Å²) in [5.41, 5.74) is 1.94. The Labute approximate surface area is 117 Å². The van der Waals surface area contributed by atoms with Crippen molar-refractivity contribution < 1.29 is 8.78 Å². The number of aromatic nitrogens is 2. The quantitative estimate of drug-likeness (QED) is 0.922. The molecule has 2 rings (SSSR count). The van der Waals surface area contributed by atoms with Crippen LogP contribution in [-0.4, -0.2) is 16.5 Å². The first kappa shape index (κ1) is 14.4. The number of nitrogens with zero attached hydrogens (tertiary/aromatic N) is 2. The van der Waals surface area contributed by atoms with E-state index < -0.39 is 11.6 Å². The molecule has 0 unspecified atom stereocenters. The highest BCUT2D eigenvalue weighted by Crippen LogP contribution is 2.28. The van der Waals surface area contributed by atoms with E-state index in [1.807, 2.05) is 13.8 Å². The van der Waals surface area contributed by atoms with Gasteiger partial charge in [0.2, 0.25) is 0 Å². The molecule has 0 saturated carbocycles. The smallest absolute Gasteiger partial charge is 0.153 e. The fourth-order valence-corrected chi connectivity index (χ4v) is 1.84. The first-order valence-corrected chi connectivity index (χ1v) is 6.57. The van der Waals surface area contributed by atoms with Crippen LogP contribution in [0.3, 0.4) is 0 Å². The maximum atomic E-state index is 13.9. The molecule has 0 spiro atoms. The van der Waals surface area contributed by atoms with Crippen molar-refractivity contribution in [1.29, 1.82) is 0 Å². The first-order chi connectivity index (χ1) is 9.52. The summed E-state index contributed by atoms with van der Waals surface area (Å²) < 4.78 is 27.3. The van der Waals surface area contributed by atoms with Gasteiger partial charge in [-0.25, -0.2) is 18.7 Å². The first-order valence-electron chi connectivity index (χ1n) is 6.57. The molecule has 1 heterocycles. The molecule has 106 valence electrons. The molecule has 0 radical (unpaired) electrons. The van der Waals surface area contributed by atoms with E-state index in [4.69, 9.17) is 0 Å². The van der Waals surface area contributed by atoms with Crippen molar-refractivity contribution in [2.45, 2.75) is 27.2 Å². The molecule has 0 fully saturated rings. The molecule has 1 aromatic carbocycles. The molecule has 0 aliphatic rings. The second-order valence-electron chi connectivity index (χ2n) is 4.64. The molecule has 0 aliphatic heterocycles. The van der Waals surface area contributed by atoms with Gasteiger partial charge in [0.1, 0.15) is 17.3 Å². The number of aryl methyl sites for hydroxylation is 2. The zero-order chi connectivity index (χ0) is 14.7. The predicted octanol–water partition coefficient (Wildman–Crippen LogP) is 3.86. The molecule has 1 N–H and O–H groups in total. The summed E-state index contributed by atoms with van der Waals surface area (Å²) in [5, 5.41) is 3.11. The zero-order valence-electron chi connectivity index (χ0n) is 11.8. The fourth-order valence-electron chi connectivity index (χ4n) is 1.84. The van der Waals surface area contributed by atoms with E-state index in [9.17, 15) is 8.78 Å². The molecular weight excluding hydrogens is 260 g/mol.